The van der Waals surface area contributed by atoms with Gasteiger partial charge in [0.05, 0.1) is 0 Å². The molecule has 0 spiro atoms. The van der Waals surface area contributed by atoms with Gasteiger partial charge >= 0.3 is 0 Å². The predicted molar refractivity (Wildman–Crippen MR) is 76.9 cm³/mol. The van der Waals surface area contributed by atoms with Crippen LogP contribution in [0.1, 0.15) is 31.7 Å². The highest BCUT2D eigenvalue weighted by molar-refractivity contribution is 9.09. The number of anilines is 1. The molecule has 0 bridgehead atoms. The van der Waals surface area contributed by atoms with Crippen molar-refractivity contribution >= 4 is 27.5 Å². The Morgan fingerprint density at radius 2 is 2.12 bits per heavy atom. The van der Waals surface area contributed by atoms with Crippen LogP contribution in [0.3, 0.4) is 0 Å². The molecule has 0 aliphatic rings. The number of unbranched alkanes of at least 4 members (excludes halogenated alkanes) is 1. The van der Waals surface area contributed by atoms with E-state index in [4.69, 9.17) is 0 Å². The zero-order valence-electron chi connectivity index (χ0n) is 10.6. The lowest BCUT2D eigenvalue weighted by molar-refractivity contribution is -0.118. The van der Waals surface area contributed by atoms with E-state index in [9.17, 15) is 4.79 Å². The number of carbonyl (C=O) groups is 1. The summed E-state index contributed by atoms with van der Waals surface area (Å²) in [6, 6.07) is 8.11. The van der Waals surface area contributed by atoms with Crippen molar-refractivity contribution in [2.24, 2.45) is 0 Å². The minimum absolute atomic E-state index is 0.221. The Kier molecular flexibility index (Phi) is 6.27. The first-order valence-corrected chi connectivity index (χ1v) is 7.24. The normalized spacial score (nSPS) is 10.3. The molecular weight excluding hydrogens is 278 g/mol. The summed E-state index contributed by atoms with van der Waals surface area (Å²) < 4.78 is 0. The van der Waals surface area contributed by atoms with E-state index in [1.807, 2.05) is 36.9 Å². The Morgan fingerprint density at radius 3 is 2.71 bits per heavy atom. The standard InChI is InChI=1S/C14H20BrNO/c1-3-16(14(17)9-4-5-10-15)13-8-6-7-12(2)11-13/h6-8,11H,3-5,9-10H2,1-2H3. The fourth-order valence-electron chi connectivity index (χ4n) is 1.80. The zero-order valence-corrected chi connectivity index (χ0v) is 12.2. The van der Waals surface area contributed by atoms with Gasteiger partial charge in [0.15, 0.2) is 0 Å². The number of alkyl halides is 1. The summed E-state index contributed by atoms with van der Waals surface area (Å²) in [5.74, 6) is 0.221. The van der Waals surface area contributed by atoms with Gasteiger partial charge in [-0.3, -0.25) is 4.79 Å². The summed E-state index contributed by atoms with van der Waals surface area (Å²) >= 11 is 3.38. The smallest absolute Gasteiger partial charge is 0.226 e. The van der Waals surface area contributed by atoms with Gasteiger partial charge in [0.2, 0.25) is 5.91 Å². The van der Waals surface area contributed by atoms with E-state index in [1.54, 1.807) is 0 Å². The fraction of sp³-hybridized carbons (Fsp3) is 0.500. The third-order valence-corrected chi connectivity index (χ3v) is 3.27. The van der Waals surface area contributed by atoms with Crippen molar-refractivity contribution < 1.29 is 4.79 Å². The third-order valence-electron chi connectivity index (χ3n) is 2.70. The van der Waals surface area contributed by atoms with Crippen LogP contribution >= 0.6 is 15.9 Å². The van der Waals surface area contributed by atoms with Gasteiger partial charge in [0, 0.05) is 24.0 Å². The lowest BCUT2D eigenvalue weighted by Gasteiger charge is -2.21. The van der Waals surface area contributed by atoms with Gasteiger partial charge in [0.1, 0.15) is 0 Å². The summed E-state index contributed by atoms with van der Waals surface area (Å²) in [6.07, 6.45) is 2.64. The Hall–Kier alpha value is -0.830. The van der Waals surface area contributed by atoms with Crippen LogP contribution in [0.5, 0.6) is 0 Å². The minimum atomic E-state index is 0.221. The number of amides is 1. The number of halogens is 1. The second kappa shape index (κ2) is 7.49. The van der Waals surface area contributed by atoms with Crippen LogP contribution in [0, 0.1) is 6.92 Å². The number of carbonyl (C=O) groups excluding carboxylic acids is 1. The summed E-state index contributed by atoms with van der Waals surface area (Å²) in [4.78, 5) is 13.9. The van der Waals surface area contributed by atoms with Crippen LogP contribution in [-0.4, -0.2) is 17.8 Å². The minimum Gasteiger partial charge on any atom is -0.313 e. The largest absolute Gasteiger partial charge is 0.313 e. The fourth-order valence-corrected chi connectivity index (χ4v) is 2.20. The molecule has 0 aliphatic carbocycles. The summed E-state index contributed by atoms with van der Waals surface area (Å²) in [5.41, 5.74) is 2.20. The van der Waals surface area contributed by atoms with E-state index >= 15 is 0 Å². The molecule has 1 aromatic carbocycles. The molecule has 2 nitrogen and oxygen atoms in total. The molecule has 0 aromatic heterocycles. The molecule has 0 radical (unpaired) electrons. The second-order valence-corrected chi connectivity index (χ2v) is 4.92. The van der Waals surface area contributed by atoms with Gasteiger partial charge in [-0.2, -0.15) is 0 Å². The summed E-state index contributed by atoms with van der Waals surface area (Å²) in [6.45, 7) is 4.80. The van der Waals surface area contributed by atoms with Crippen LogP contribution in [0.2, 0.25) is 0 Å². The molecule has 0 N–H and O–H groups in total. The number of nitrogens with zero attached hydrogens (tertiary/aromatic N) is 1. The van der Waals surface area contributed by atoms with Crippen LogP contribution in [0.15, 0.2) is 24.3 Å². The number of benzene rings is 1. The maximum absolute atomic E-state index is 12.1. The molecule has 0 fully saturated rings. The Bertz CT molecular complexity index is 365. The van der Waals surface area contributed by atoms with Gasteiger partial charge in [-0.1, -0.05) is 28.1 Å². The molecule has 1 aromatic rings. The van der Waals surface area contributed by atoms with Crippen molar-refractivity contribution in [3.63, 3.8) is 0 Å². The maximum Gasteiger partial charge on any atom is 0.226 e. The van der Waals surface area contributed by atoms with Crippen LogP contribution in [-0.2, 0) is 4.79 Å². The van der Waals surface area contributed by atoms with Crippen molar-refractivity contribution in [2.45, 2.75) is 33.1 Å². The maximum atomic E-state index is 12.1. The van der Waals surface area contributed by atoms with E-state index in [-0.39, 0.29) is 5.91 Å². The first-order chi connectivity index (χ1) is 8.19. The van der Waals surface area contributed by atoms with Gasteiger partial charge in [-0.25, -0.2) is 0 Å². The van der Waals surface area contributed by atoms with E-state index in [0.29, 0.717) is 6.42 Å². The number of hydrogen-bond donors (Lipinski definition) is 0. The highest BCUT2D eigenvalue weighted by atomic mass is 79.9. The Labute approximate surface area is 112 Å². The quantitative estimate of drug-likeness (QED) is 0.576. The van der Waals surface area contributed by atoms with Gasteiger partial charge in [-0.05, 0) is 44.4 Å². The van der Waals surface area contributed by atoms with Crippen molar-refractivity contribution in [2.75, 3.05) is 16.8 Å². The number of aryl methyl sites for hydroxylation is 1. The molecule has 94 valence electrons. The van der Waals surface area contributed by atoms with E-state index < -0.39 is 0 Å². The molecule has 0 unspecified atom stereocenters. The molecule has 0 heterocycles. The van der Waals surface area contributed by atoms with Gasteiger partial charge in [0.25, 0.3) is 0 Å². The van der Waals surface area contributed by atoms with Crippen LogP contribution in [0.4, 0.5) is 5.69 Å². The third kappa shape index (κ3) is 4.50. The molecule has 0 saturated heterocycles. The van der Waals surface area contributed by atoms with Crippen molar-refractivity contribution in [1.29, 1.82) is 0 Å². The molecule has 3 heteroatoms. The van der Waals surface area contributed by atoms with Gasteiger partial charge in [-0.15, -0.1) is 0 Å². The first kappa shape index (κ1) is 14.2. The van der Waals surface area contributed by atoms with Crippen molar-refractivity contribution in [3.8, 4) is 0 Å². The zero-order chi connectivity index (χ0) is 12.7. The molecule has 0 atom stereocenters. The van der Waals surface area contributed by atoms with Crippen LogP contribution in [0.25, 0.3) is 0 Å². The van der Waals surface area contributed by atoms with Gasteiger partial charge < -0.3 is 4.90 Å². The van der Waals surface area contributed by atoms with E-state index in [1.165, 1.54) is 5.56 Å². The molecule has 0 aliphatic heterocycles. The average molecular weight is 298 g/mol. The molecule has 17 heavy (non-hydrogen) atoms. The van der Waals surface area contributed by atoms with Crippen LogP contribution < -0.4 is 4.90 Å². The lowest BCUT2D eigenvalue weighted by atomic mass is 10.2. The summed E-state index contributed by atoms with van der Waals surface area (Å²) in [7, 11) is 0. The molecule has 0 saturated carbocycles. The molecule has 1 amide bonds. The lowest BCUT2D eigenvalue weighted by Crippen LogP contribution is -2.30. The Balaban J connectivity index is 2.67. The number of hydrogen-bond acceptors (Lipinski definition) is 1. The van der Waals surface area contributed by atoms with E-state index in [2.05, 4.69) is 22.0 Å². The first-order valence-electron chi connectivity index (χ1n) is 6.12. The topological polar surface area (TPSA) is 20.3 Å². The average Bonchev–Trinajstić information content (AvgIpc) is 2.30. The molecule has 1 rings (SSSR count). The Morgan fingerprint density at radius 1 is 1.35 bits per heavy atom. The predicted octanol–water partition coefficient (Wildman–Crippen LogP) is 3.91. The van der Waals surface area contributed by atoms with E-state index in [0.717, 1.165) is 30.4 Å². The highest BCUT2D eigenvalue weighted by Gasteiger charge is 2.12. The van der Waals surface area contributed by atoms with Crippen molar-refractivity contribution in [3.05, 3.63) is 29.8 Å². The number of rotatable bonds is 6. The SMILES string of the molecule is CCN(C(=O)CCCCBr)c1cccc(C)c1. The monoisotopic (exact) mass is 297 g/mol. The van der Waals surface area contributed by atoms with Crippen molar-refractivity contribution in [1.82, 2.24) is 0 Å². The second-order valence-electron chi connectivity index (χ2n) is 4.12. The summed E-state index contributed by atoms with van der Waals surface area (Å²) in [5, 5.41) is 0.969. The highest BCUT2D eigenvalue weighted by Crippen LogP contribution is 2.17. The molecular formula is C14H20BrNO.